The molecule has 0 saturated heterocycles. The van der Waals surface area contributed by atoms with Gasteiger partial charge >= 0.3 is 0 Å². The van der Waals surface area contributed by atoms with E-state index in [4.69, 9.17) is 0 Å². The number of nitrogens with one attached hydrogen (secondary N) is 1. The molecule has 1 unspecified atom stereocenters. The van der Waals surface area contributed by atoms with Gasteiger partial charge in [-0.05, 0) is 11.1 Å². The van der Waals surface area contributed by atoms with Crippen LogP contribution in [0.4, 0.5) is 0 Å². The van der Waals surface area contributed by atoms with Crippen molar-refractivity contribution in [1.82, 2.24) is 5.32 Å². The van der Waals surface area contributed by atoms with Gasteiger partial charge in [0.1, 0.15) is 0 Å². The summed E-state index contributed by atoms with van der Waals surface area (Å²) < 4.78 is 20.1. The number of hydrogen-bond acceptors (Lipinski definition) is 3. The molecule has 0 amide bonds. The van der Waals surface area contributed by atoms with Crippen molar-refractivity contribution in [2.75, 3.05) is 10.4 Å². The van der Waals surface area contributed by atoms with Crippen LogP contribution in [0.15, 0.2) is 0 Å². The lowest BCUT2D eigenvalue weighted by Crippen LogP contribution is -2.16. The monoisotopic (exact) mass is 234 g/mol. The molecular weight excluding hydrogens is 229 g/mol. The zero-order valence-electron chi connectivity index (χ0n) is 3.52. The first kappa shape index (κ1) is 7.80. The molecule has 0 aliphatic rings. The zero-order valence-corrected chi connectivity index (χ0v) is 6.49. The first-order chi connectivity index (χ1) is 3.27. The van der Waals surface area contributed by atoms with E-state index in [-0.39, 0.29) is 5.88 Å². The van der Waals surface area contributed by atoms with E-state index in [1.165, 1.54) is 0 Å². The highest BCUT2D eigenvalue weighted by Gasteiger charge is 1.76. The molecule has 0 heterocycles. The van der Waals surface area contributed by atoms with Crippen LogP contribution in [-0.2, 0) is 11.1 Å². The topological polar surface area (TPSA) is 52.2 Å². The van der Waals surface area contributed by atoms with Crippen LogP contribution in [0.5, 0.6) is 0 Å². The van der Waals surface area contributed by atoms with Crippen molar-refractivity contribution in [1.29, 1.82) is 0 Å². The molecule has 0 rings (SSSR count). The Morgan fingerprint density at radius 2 is 2.43 bits per heavy atom. The van der Waals surface area contributed by atoms with Crippen LogP contribution in [0, 0.1) is 0 Å². The van der Waals surface area contributed by atoms with Gasteiger partial charge in [0, 0.05) is 4.55 Å². The Kier molecular flexibility index (Phi) is 5.51. The van der Waals surface area contributed by atoms with Crippen LogP contribution < -0.4 is 5.32 Å². The van der Waals surface area contributed by atoms with Crippen LogP contribution in [0.1, 0.15) is 0 Å². The van der Waals surface area contributed by atoms with Gasteiger partial charge in [-0.1, -0.05) is 22.6 Å². The van der Waals surface area contributed by atoms with Crippen molar-refractivity contribution < 1.29 is 8.76 Å². The molecule has 7 heavy (non-hydrogen) atoms. The number of hydrogen-bond donors (Lipinski definition) is 1. The Hall–Kier alpha value is 0.800. The summed E-state index contributed by atoms with van der Waals surface area (Å²) >= 11 is 0.105. The summed E-state index contributed by atoms with van der Waals surface area (Å²) in [4.78, 5) is 0. The van der Waals surface area contributed by atoms with Gasteiger partial charge in [0.15, 0.2) is 0 Å². The summed E-state index contributed by atoms with van der Waals surface area (Å²) in [5.74, 6) is 0.0585. The number of alkyl halides is 1. The van der Waals surface area contributed by atoms with E-state index in [0.29, 0.717) is 4.55 Å². The first-order valence-electron chi connectivity index (χ1n) is 1.60. The number of halogens is 1. The third-order valence-corrected chi connectivity index (χ3v) is 1.29. The minimum absolute atomic E-state index is 0.0585. The highest BCUT2D eigenvalue weighted by molar-refractivity contribution is 14.1. The van der Waals surface area contributed by atoms with E-state index >= 15 is 0 Å². The normalized spacial score (nSPS) is 14.0. The molecule has 44 valence electrons. The zero-order chi connectivity index (χ0) is 5.70. The molecule has 3 nitrogen and oxygen atoms in total. The van der Waals surface area contributed by atoms with Crippen LogP contribution in [0.25, 0.3) is 0 Å². The molecule has 0 radical (unpaired) electrons. The molecule has 5 heteroatoms. The predicted octanol–water partition coefficient (Wildman–Crippen LogP) is -0.195. The standard InChI is InChI=1S/C2H6INO2S/c3-1-4-2-7(5)6/h4H,1-2H2,(H,5,6)/p-1. The third kappa shape index (κ3) is 6.80. The van der Waals surface area contributed by atoms with Crippen LogP contribution in [-0.4, -0.2) is 19.2 Å². The van der Waals surface area contributed by atoms with Gasteiger partial charge in [-0.25, -0.2) is 0 Å². The fraction of sp³-hybridized carbons (Fsp3) is 1.00. The highest BCUT2D eigenvalue weighted by atomic mass is 127. The second kappa shape index (κ2) is 4.95. The molecule has 0 aromatic carbocycles. The average Bonchev–Trinajstić information content (AvgIpc) is 1.61. The van der Waals surface area contributed by atoms with Crippen molar-refractivity contribution in [2.45, 2.75) is 0 Å². The predicted molar refractivity (Wildman–Crippen MR) is 35.8 cm³/mol. The second-order valence-electron chi connectivity index (χ2n) is 0.832. The van der Waals surface area contributed by atoms with Crippen LogP contribution >= 0.6 is 22.6 Å². The van der Waals surface area contributed by atoms with Crippen molar-refractivity contribution >= 4 is 33.7 Å². The summed E-state index contributed by atoms with van der Waals surface area (Å²) in [6.45, 7) is 0. The van der Waals surface area contributed by atoms with E-state index in [2.05, 4.69) is 5.32 Å². The Labute approximate surface area is 58.3 Å². The second-order valence-corrected chi connectivity index (χ2v) is 2.49. The third-order valence-electron chi connectivity index (χ3n) is 0.314. The van der Waals surface area contributed by atoms with Gasteiger partial charge in [-0.15, -0.1) is 0 Å². The smallest absolute Gasteiger partial charge is 0.0594 e. The van der Waals surface area contributed by atoms with Crippen LogP contribution in [0.2, 0.25) is 0 Å². The molecule has 0 fully saturated rings. The lowest BCUT2D eigenvalue weighted by Gasteiger charge is -2.01. The minimum Gasteiger partial charge on any atom is -0.771 e. The SMILES string of the molecule is O=S([O-])CNCI. The molecule has 0 saturated carbocycles. The Bertz CT molecular complexity index is 68.7. The maximum atomic E-state index is 9.69. The summed E-state index contributed by atoms with van der Waals surface area (Å²) in [6, 6.07) is 0. The molecule has 0 bridgehead atoms. The van der Waals surface area contributed by atoms with Crippen molar-refractivity contribution in [3.05, 3.63) is 0 Å². The van der Waals surface area contributed by atoms with Gasteiger partial charge in [0.25, 0.3) is 0 Å². The molecule has 0 aliphatic heterocycles. The van der Waals surface area contributed by atoms with E-state index < -0.39 is 11.1 Å². The fourth-order valence-electron chi connectivity index (χ4n) is 0.122. The Morgan fingerprint density at radius 1 is 1.86 bits per heavy atom. The van der Waals surface area contributed by atoms with Gasteiger partial charge in [0.05, 0.1) is 5.88 Å². The maximum Gasteiger partial charge on any atom is 0.0594 e. The Morgan fingerprint density at radius 3 is 2.57 bits per heavy atom. The lowest BCUT2D eigenvalue weighted by molar-refractivity contribution is 0.533. The summed E-state index contributed by atoms with van der Waals surface area (Å²) in [5, 5.41) is 2.62. The average molecular weight is 234 g/mol. The van der Waals surface area contributed by atoms with Gasteiger partial charge in [0.2, 0.25) is 0 Å². The van der Waals surface area contributed by atoms with E-state index in [1.807, 2.05) is 22.6 Å². The molecule has 0 aromatic rings. The van der Waals surface area contributed by atoms with Gasteiger partial charge < -0.3 is 4.55 Å². The van der Waals surface area contributed by atoms with Gasteiger partial charge in [-0.2, -0.15) is 0 Å². The molecule has 1 N–H and O–H groups in total. The van der Waals surface area contributed by atoms with E-state index in [0.717, 1.165) is 0 Å². The maximum absolute atomic E-state index is 9.69. The molecule has 0 spiro atoms. The minimum atomic E-state index is -1.93. The molecular formula is C2H5INO2S-. The van der Waals surface area contributed by atoms with E-state index in [9.17, 15) is 8.76 Å². The van der Waals surface area contributed by atoms with Gasteiger partial charge in [-0.3, -0.25) is 9.53 Å². The van der Waals surface area contributed by atoms with E-state index in [1.54, 1.807) is 0 Å². The Balaban J connectivity index is 2.82. The summed E-state index contributed by atoms with van der Waals surface area (Å²) in [7, 11) is 0. The quantitative estimate of drug-likeness (QED) is 0.318. The molecule has 1 atom stereocenters. The largest absolute Gasteiger partial charge is 0.771 e. The fourth-order valence-corrected chi connectivity index (χ4v) is 1.03. The van der Waals surface area contributed by atoms with Crippen molar-refractivity contribution in [2.24, 2.45) is 0 Å². The van der Waals surface area contributed by atoms with Crippen LogP contribution in [0.3, 0.4) is 0 Å². The summed E-state index contributed by atoms with van der Waals surface area (Å²) in [5.41, 5.74) is 0. The first-order valence-corrected chi connectivity index (χ1v) is 4.37. The van der Waals surface area contributed by atoms with Crippen molar-refractivity contribution in [3.8, 4) is 0 Å². The number of rotatable bonds is 3. The summed E-state index contributed by atoms with van der Waals surface area (Å²) in [6.07, 6.45) is 0. The highest BCUT2D eigenvalue weighted by Crippen LogP contribution is 1.73. The lowest BCUT2D eigenvalue weighted by atomic mass is 11.3. The molecule has 0 aromatic heterocycles. The van der Waals surface area contributed by atoms with Crippen molar-refractivity contribution in [3.63, 3.8) is 0 Å². The molecule has 0 aliphatic carbocycles.